The number of carbonyl (C=O) groups is 1. The lowest BCUT2D eigenvalue weighted by Gasteiger charge is -2.37. The first-order chi connectivity index (χ1) is 18.1. The zero-order chi connectivity index (χ0) is 25.8. The summed E-state index contributed by atoms with van der Waals surface area (Å²) in [5, 5.41) is 5.87. The highest BCUT2D eigenvalue weighted by Crippen LogP contribution is 2.31. The van der Waals surface area contributed by atoms with Gasteiger partial charge >= 0.3 is 0 Å². The number of benzene rings is 2. The molecule has 2 aromatic heterocycles. The first-order valence-corrected chi connectivity index (χ1v) is 13.5. The van der Waals surface area contributed by atoms with E-state index < -0.39 is 0 Å². The molecule has 0 N–H and O–H groups in total. The average Bonchev–Trinajstić information content (AvgIpc) is 3.29. The number of nitrogens with zero attached hydrogens (tertiary/aromatic N) is 6. The molecule has 1 fully saturated rings. The molecule has 3 heterocycles. The van der Waals surface area contributed by atoms with E-state index in [0.29, 0.717) is 13.1 Å². The number of hydrogen-bond donors (Lipinski definition) is 0. The van der Waals surface area contributed by atoms with Gasteiger partial charge in [-0.05, 0) is 37.5 Å². The number of hydrogen-bond acceptors (Lipinski definition) is 5. The number of anilines is 1. The Kier molecular flexibility index (Phi) is 7.49. The number of carbonyl (C=O) groups excluding carboxylic acids is 1. The van der Waals surface area contributed by atoms with Gasteiger partial charge in [0.15, 0.2) is 5.65 Å². The summed E-state index contributed by atoms with van der Waals surface area (Å²) >= 11 is 0. The Morgan fingerprint density at radius 3 is 2.24 bits per heavy atom. The summed E-state index contributed by atoms with van der Waals surface area (Å²) in [6.07, 6.45) is 3.78. The summed E-state index contributed by atoms with van der Waals surface area (Å²) < 4.78 is 1.94. The van der Waals surface area contributed by atoms with Crippen LogP contribution in [-0.4, -0.2) is 56.7 Å². The van der Waals surface area contributed by atoms with Crippen molar-refractivity contribution in [3.8, 4) is 5.69 Å². The Hall–Kier alpha value is -3.74. The second-order valence-electron chi connectivity index (χ2n) is 9.78. The van der Waals surface area contributed by atoms with Crippen LogP contribution in [0.5, 0.6) is 0 Å². The molecule has 0 spiro atoms. The fourth-order valence-corrected chi connectivity index (χ4v) is 5.23. The van der Waals surface area contributed by atoms with Crippen molar-refractivity contribution in [3.63, 3.8) is 0 Å². The minimum atomic E-state index is -0.0921. The molecule has 1 aliphatic heterocycles. The number of aryl methyl sites for hydroxylation is 2. The molecule has 7 heteroatoms. The maximum Gasteiger partial charge on any atom is 0.230 e. The van der Waals surface area contributed by atoms with E-state index >= 15 is 0 Å². The Labute approximate surface area is 219 Å². The maximum atomic E-state index is 13.4. The zero-order valence-electron chi connectivity index (χ0n) is 22.1. The maximum absolute atomic E-state index is 13.4. The molecular formula is C30H36N6O. The van der Waals surface area contributed by atoms with Crippen LogP contribution in [0.1, 0.15) is 56.1 Å². The summed E-state index contributed by atoms with van der Waals surface area (Å²) in [4.78, 5) is 27.8. The Balaban J connectivity index is 1.43. The van der Waals surface area contributed by atoms with Gasteiger partial charge in [0.05, 0.1) is 22.7 Å². The van der Waals surface area contributed by atoms with Crippen molar-refractivity contribution in [2.24, 2.45) is 0 Å². The molecule has 1 atom stereocenters. The number of aromatic nitrogens is 4. The quantitative estimate of drug-likeness (QED) is 0.331. The SMILES string of the molecule is CCCCc1nc(N2CCN(C(=O)[C@@H](CC)c3ccccc3)CC2)c2c(C)nn(-c3ccccc3)c2n1. The molecule has 4 aromatic rings. The number of piperazine rings is 1. The molecule has 37 heavy (non-hydrogen) atoms. The molecule has 1 aliphatic rings. The molecule has 7 nitrogen and oxygen atoms in total. The van der Waals surface area contributed by atoms with Gasteiger partial charge in [-0.15, -0.1) is 0 Å². The van der Waals surface area contributed by atoms with Gasteiger partial charge in [0, 0.05) is 32.6 Å². The summed E-state index contributed by atoms with van der Waals surface area (Å²) in [5.74, 6) is 1.93. The Morgan fingerprint density at radius 1 is 0.919 bits per heavy atom. The van der Waals surface area contributed by atoms with Crippen molar-refractivity contribution in [3.05, 3.63) is 77.7 Å². The van der Waals surface area contributed by atoms with E-state index in [4.69, 9.17) is 15.1 Å². The average molecular weight is 497 g/mol. The minimum absolute atomic E-state index is 0.0921. The fraction of sp³-hybridized carbons (Fsp3) is 0.400. The molecule has 0 unspecified atom stereocenters. The Morgan fingerprint density at radius 2 is 1.59 bits per heavy atom. The van der Waals surface area contributed by atoms with Crippen LogP contribution in [0.3, 0.4) is 0 Å². The molecule has 0 aliphatic carbocycles. The molecule has 5 rings (SSSR count). The lowest BCUT2D eigenvalue weighted by molar-refractivity contribution is -0.133. The highest BCUT2D eigenvalue weighted by Gasteiger charge is 2.29. The highest BCUT2D eigenvalue weighted by molar-refractivity contribution is 5.91. The van der Waals surface area contributed by atoms with Gasteiger partial charge < -0.3 is 9.80 Å². The molecule has 0 radical (unpaired) electrons. The number of para-hydroxylation sites is 1. The van der Waals surface area contributed by atoms with Crippen LogP contribution in [0.4, 0.5) is 5.82 Å². The summed E-state index contributed by atoms with van der Waals surface area (Å²) in [7, 11) is 0. The predicted octanol–water partition coefficient (Wildman–Crippen LogP) is 5.31. The largest absolute Gasteiger partial charge is 0.352 e. The monoisotopic (exact) mass is 496 g/mol. The second kappa shape index (κ2) is 11.1. The highest BCUT2D eigenvalue weighted by atomic mass is 16.2. The van der Waals surface area contributed by atoms with Crippen molar-refractivity contribution in [1.82, 2.24) is 24.6 Å². The molecule has 0 bridgehead atoms. The molecule has 1 amide bonds. The van der Waals surface area contributed by atoms with Gasteiger partial charge in [0.2, 0.25) is 5.91 Å². The normalized spacial score (nSPS) is 14.8. The predicted molar refractivity (Wildman–Crippen MR) is 148 cm³/mol. The van der Waals surface area contributed by atoms with Crippen LogP contribution in [0, 0.1) is 6.92 Å². The molecular weight excluding hydrogens is 460 g/mol. The number of fused-ring (bicyclic) bond motifs is 1. The second-order valence-corrected chi connectivity index (χ2v) is 9.78. The van der Waals surface area contributed by atoms with Crippen molar-refractivity contribution < 1.29 is 4.79 Å². The summed E-state index contributed by atoms with van der Waals surface area (Å²) in [5.41, 5.74) is 3.87. The van der Waals surface area contributed by atoms with E-state index in [1.165, 1.54) is 0 Å². The standard InChI is InChI=1S/C30H36N6O/c1-4-6-17-26-31-28(27-22(3)33-36(29(27)32-26)24-15-11-8-12-16-24)34-18-20-35(21-19-34)30(37)25(5-2)23-13-9-7-10-14-23/h7-16,25H,4-6,17-21H2,1-3H3/t25-/m0/s1. The summed E-state index contributed by atoms with van der Waals surface area (Å²) in [6, 6.07) is 20.3. The number of unbranched alkanes of at least 4 members (excludes halogenated alkanes) is 1. The lowest BCUT2D eigenvalue weighted by atomic mass is 9.95. The first kappa shape index (κ1) is 24.9. The van der Waals surface area contributed by atoms with Gasteiger partial charge in [-0.2, -0.15) is 5.10 Å². The van der Waals surface area contributed by atoms with E-state index in [-0.39, 0.29) is 11.8 Å². The van der Waals surface area contributed by atoms with E-state index in [0.717, 1.165) is 78.4 Å². The minimum Gasteiger partial charge on any atom is -0.352 e. The molecule has 1 saturated heterocycles. The van der Waals surface area contributed by atoms with Crippen LogP contribution in [0.2, 0.25) is 0 Å². The van der Waals surface area contributed by atoms with E-state index in [1.54, 1.807) is 0 Å². The zero-order valence-corrected chi connectivity index (χ0v) is 22.1. The van der Waals surface area contributed by atoms with Gasteiger partial charge in [0.25, 0.3) is 0 Å². The molecule has 0 saturated carbocycles. The van der Waals surface area contributed by atoms with Crippen LogP contribution in [-0.2, 0) is 11.2 Å². The molecule has 2 aromatic carbocycles. The van der Waals surface area contributed by atoms with E-state index in [9.17, 15) is 4.79 Å². The third-order valence-corrected chi connectivity index (χ3v) is 7.28. The van der Waals surface area contributed by atoms with Crippen LogP contribution in [0.15, 0.2) is 60.7 Å². The topological polar surface area (TPSA) is 67.2 Å². The molecule has 192 valence electrons. The van der Waals surface area contributed by atoms with Crippen molar-refractivity contribution in [1.29, 1.82) is 0 Å². The van der Waals surface area contributed by atoms with Gasteiger partial charge in [-0.1, -0.05) is 68.8 Å². The third kappa shape index (κ3) is 5.08. The van der Waals surface area contributed by atoms with E-state index in [1.807, 2.05) is 52.9 Å². The van der Waals surface area contributed by atoms with Gasteiger partial charge in [-0.25, -0.2) is 14.6 Å². The van der Waals surface area contributed by atoms with Crippen molar-refractivity contribution in [2.75, 3.05) is 31.1 Å². The van der Waals surface area contributed by atoms with Gasteiger partial charge in [0.1, 0.15) is 11.6 Å². The van der Waals surface area contributed by atoms with Crippen LogP contribution >= 0.6 is 0 Å². The summed E-state index contributed by atoms with van der Waals surface area (Å²) in [6.45, 7) is 9.17. The number of rotatable bonds is 8. The van der Waals surface area contributed by atoms with Crippen LogP contribution in [0.25, 0.3) is 16.7 Å². The third-order valence-electron chi connectivity index (χ3n) is 7.28. The fourth-order valence-electron chi connectivity index (χ4n) is 5.23. The first-order valence-electron chi connectivity index (χ1n) is 13.5. The smallest absolute Gasteiger partial charge is 0.230 e. The lowest BCUT2D eigenvalue weighted by Crippen LogP contribution is -2.50. The van der Waals surface area contributed by atoms with E-state index in [2.05, 4.69) is 43.0 Å². The van der Waals surface area contributed by atoms with Crippen LogP contribution < -0.4 is 4.90 Å². The van der Waals surface area contributed by atoms with Crippen molar-refractivity contribution in [2.45, 2.75) is 52.4 Å². The Bertz CT molecular complexity index is 1340. The van der Waals surface area contributed by atoms with Gasteiger partial charge in [-0.3, -0.25) is 4.79 Å². The van der Waals surface area contributed by atoms with Crippen molar-refractivity contribution >= 4 is 22.8 Å². The number of amides is 1.